The molecule has 3 heterocycles. The van der Waals surface area contributed by atoms with Gasteiger partial charge < -0.3 is 34.5 Å². The van der Waals surface area contributed by atoms with Gasteiger partial charge in [-0.1, -0.05) is 74.8 Å². The molecule has 2 fully saturated rings. The van der Waals surface area contributed by atoms with Crippen molar-refractivity contribution in [2.24, 2.45) is 17.3 Å². The minimum Gasteiger partial charge on any atom is -0.459 e. The highest BCUT2D eigenvalue weighted by molar-refractivity contribution is 6.31. The summed E-state index contributed by atoms with van der Waals surface area (Å²) in [5.41, 5.74) is 2.03. The number of carbonyl (C=O) groups is 5. The molecule has 13 nitrogen and oxygen atoms in total. The van der Waals surface area contributed by atoms with E-state index in [1.807, 2.05) is 60.6 Å². The summed E-state index contributed by atoms with van der Waals surface area (Å²) >= 11 is 6.38. The third-order valence-electron chi connectivity index (χ3n) is 11.0. The monoisotopic (exact) mass is 850 g/mol. The molecule has 3 aliphatic rings. The molecule has 0 aromatic heterocycles. The molecule has 0 radical (unpaired) electrons. The number of nitrogens with one attached hydrogen (secondary N) is 2. The van der Waals surface area contributed by atoms with Crippen molar-refractivity contribution in [3.8, 4) is 0 Å². The summed E-state index contributed by atoms with van der Waals surface area (Å²) in [4.78, 5) is 70.9. The maximum atomic E-state index is 13.8. The van der Waals surface area contributed by atoms with E-state index in [1.165, 1.54) is 6.08 Å². The van der Waals surface area contributed by atoms with Crippen molar-refractivity contribution < 1.29 is 42.9 Å². The predicted molar refractivity (Wildman–Crippen MR) is 228 cm³/mol. The third kappa shape index (κ3) is 13.3. The molecule has 3 amide bonds. The summed E-state index contributed by atoms with van der Waals surface area (Å²) in [5, 5.41) is 6.15. The highest BCUT2D eigenvalue weighted by Crippen LogP contribution is 2.45. The Kier molecular flexibility index (Phi) is 15.5. The molecule has 6 atom stereocenters. The minimum atomic E-state index is -1.21. The number of epoxide rings is 1. The topological polar surface area (TPSA) is 156 Å². The maximum Gasteiger partial charge on any atom is 0.410 e. The van der Waals surface area contributed by atoms with E-state index >= 15 is 0 Å². The van der Waals surface area contributed by atoms with Gasteiger partial charge in [0, 0.05) is 63.1 Å². The van der Waals surface area contributed by atoms with Crippen LogP contribution in [0.5, 0.6) is 0 Å². The molecule has 60 heavy (non-hydrogen) atoms. The lowest BCUT2D eigenvalue weighted by Gasteiger charge is -2.35. The van der Waals surface area contributed by atoms with Crippen molar-refractivity contribution >= 4 is 41.4 Å². The number of hydrogen-bond donors (Lipinski definition) is 2. The average Bonchev–Trinajstić information content (AvgIpc) is 3.98. The van der Waals surface area contributed by atoms with Crippen molar-refractivity contribution in [2.45, 2.75) is 124 Å². The molecule has 2 aromatic rings. The van der Waals surface area contributed by atoms with Crippen LogP contribution in [0.25, 0.3) is 0 Å². The first-order valence-corrected chi connectivity index (χ1v) is 21.4. The number of benzene rings is 2. The number of piperazine rings is 1. The van der Waals surface area contributed by atoms with Crippen LogP contribution in [0, 0.1) is 24.2 Å². The summed E-state index contributed by atoms with van der Waals surface area (Å²) in [6, 6.07) is 12.8. The first-order valence-electron chi connectivity index (χ1n) is 21.0. The van der Waals surface area contributed by atoms with Gasteiger partial charge in [0.25, 0.3) is 0 Å². The number of rotatable bonds is 9. The second kappa shape index (κ2) is 19.9. The van der Waals surface area contributed by atoms with Gasteiger partial charge in [0.15, 0.2) is 6.10 Å². The largest absolute Gasteiger partial charge is 0.459 e. The maximum absolute atomic E-state index is 13.8. The van der Waals surface area contributed by atoms with E-state index < -0.39 is 53.0 Å². The molecule has 0 bridgehead atoms. The molecule has 328 valence electrons. The fraction of sp³-hybridized carbons (Fsp3) is 0.587. The number of nitrogens with zero attached hydrogens (tertiary/aromatic N) is 2. The number of cyclic esters (lactones) is 2. The molecule has 5 rings (SSSR count). The molecule has 3 aliphatic heterocycles. The van der Waals surface area contributed by atoms with E-state index in [0.29, 0.717) is 18.1 Å². The third-order valence-corrected chi connectivity index (χ3v) is 11.4. The van der Waals surface area contributed by atoms with E-state index in [1.54, 1.807) is 30.9 Å². The van der Waals surface area contributed by atoms with E-state index in [2.05, 4.69) is 39.8 Å². The van der Waals surface area contributed by atoms with Gasteiger partial charge in [-0.05, 0) is 88.3 Å². The van der Waals surface area contributed by atoms with Crippen molar-refractivity contribution in [3.05, 3.63) is 81.9 Å². The standard InChI is InChI=1S/C46H63ClN4O9/c1-28(2)23-37-42(54)57-36(11-10-12-38(52)49-35(25-32-14-13-29(3)34(47)24-32)41(53)48-27-46(8,9)43(55)58-37)30(4)39-40(59-39)33-17-15-31(16-18-33)26-50-19-21-51(22-20-50)44(56)60-45(5,6)7/h10,12-18,24,28,30,35-37,39-40H,11,19-23,25-27H2,1-9H3,(H,48,53)(H,49,52)/b12-10+. The lowest BCUT2D eigenvalue weighted by molar-refractivity contribution is -0.179. The Morgan fingerprint density at radius 1 is 0.967 bits per heavy atom. The molecule has 0 saturated carbocycles. The lowest BCUT2D eigenvalue weighted by Crippen LogP contribution is -2.51. The van der Waals surface area contributed by atoms with Crippen LogP contribution in [0.4, 0.5) is 4.79 Å². The molecule has 6 unspecified atom stereocenters. The van der Waals surface area contributed by atoms with Gasteiger partial charge in [-0.2, -0.15) is 0 Å². The van der Waals surface area contributed by atoms with Gasteiger partial charge in [0.1, 0.15) is 23.9 Å². The zero-order valence-electron chi connectivity index (χ0n) is 36.5. The predicted octanol–water partition coefficient (Wildman–Crippen LogP) is 6.48. The quantitative estimate of drug-likeness (QED) is 0.163. The van der Waals surface area contributed by atoms with Crippen LogP contribution in [0.1, 0.15) is 96.6 Å². The van der Waals surface area contributed by atoms with Gasteiger partial charge >= 0.3 is 18.0 Å². The Morgan fingerprint density at radius 2 is 1.63 bits per heavy atom. The first-order chi connectivity index (χ1) is 28.2. The average molecular weight is 851 g/mol. The second-order valence-corrected chi connectivity index (χ2v) is 18.9. The van der Waals surface area contributed by atoms with Crippen LogP contribution in [0.15, 0.2) is 54.6 Å². The fourth-order valence-corrected chi connectivity index (χ4v) is 7.44. The first kappa shape index (κ1) is 46.6. The Morgan fingerprint density at radius 3 is 2.27 bits per heavy atom. The van der Waals surface area contributed by atoms with Crippen molar-refractivity contribution in [1.29, 1.82) is 0 Å². The molecule has 2 aromatic carbocycles. The van der Waals surface area contributed by atoms with Gasteiger partial charge in [-0.15, -0.1) is 0 Å². The Balaban J connectivity index is 1.28. The van der Waals surface area contributed by atoms with Gasteiger partial charge in [-0.3, -0.25) is 19.3 Å². The fourth-order valence-electron chi connectivity index (χ4n) is 7.23. The molecular weight excluding hydrogens is 788 g/mol. The highest BCUT2D eigenvalue weighted by Gasteiger charge is 2.48. The molecule has 0 aliphatic carbocycles. The van der Waals surface area contributed by atoms with E-state index in [-0.39, 0.29) is 55.9 Å². The zero-order chi connectivity index (χ0) is 43.9. The molecule has 14 heteroatoms. The molecule has 0 spiro atoms. The molecular formula is C46H63ClN4O9. The van der Waals surface area contributed by atoms with Crippen LogP contribution in [-0.4, -0.2) is 102 Å². The number of aryl methyl sites for hydroxylation is 1. The van der Waals surface area contributed by atoms with Crippen LogP contribution < -0.4 is 10.6 Å². The number of hydrogen-bond acceptors (Lipinski definition) is 10. The Hall–Kier alpha value is -4.46. The molecule has 2 saturated heterocycles. The van der Waals surface area contributed by atoms with Gasteiger partial charge in [-0.25, -0.2) is 9.59 Å². The van der Waals surface area contributed by atoms with Gasteiger partial charge in [0.2, 0.25) is 11.8 Å². The van der Waals surface area contributed by atoms with Crippen LogP contribution in [0.2, 0.25) is 5.02 Å². The number of ether oxygens (including phenoxy) is 4. The van der Waals surface area contributed by atoms with Crippen LogP contribution in [-0.2, 0) is 51.1 Å². The number of carbonyl (C=O) groups excluding carboxylic acids is 5. The SMILES string of the molecule is Cc1ccc(CC2NC(=O)/C=C/CC(C(C)C3OC3c3ccc(CN4CCN(C(=O)OC(C)(C)C)CC4)cc3)OC(=O)C(CC(C)C)OC(=O)C(C)(C)CNC2=O)cc1Cl. The van der Waals surface area contributed by atoms with E-state index in [0.717, 1.165) is 41.9 Å². The summed E-state index contributed by atoms with van der Waals surface area (Å²) in [6.07, 6.45) is 0.864. The van der Waals surface area contributed by atoms with E-state index in [4.69, 9.17) is 30.5 Å². The van der Waals surface area contributed by atoms with Crippen LogP contribution >= 0.6 is 11.6 Å². The normalized spacial score (nSPS) is 25.7. The van der Waals surface area contributed by atoms with Crippen LogP contribution in [0.3, 0.4) is 0 Å². The Bertz CT molecular complexity index is 1880. The number of amides is 3. The summed E-state index contributed by atoms with van der Waals surface area (Å²) in [6.45, 7) is 19.9. The summed E-state index contributed by atoms with van der Waals surface area (Å²) in [7, 11) is 0. The zero-order valence-corrected chi connectivity index (χ0v) is 37.3. The van der Waals surface area contributed by atoms with Crippen molar-refractivity contribution in [1.82, 2.24) is 20.4 Å². The lowest BCUT2D eigenvalue weighted by atomic mass is 9.92. The van der Waals surface area contributed by atoms with Crippen molar-refractivity contribution in [2.75, 3.05) is 32.7 Å². The summed E-state index contributed by atoms with van der Waals surface area (Å²) < 4.78 is 23.8. The highest BCUT2D eigenvalue weighted by atomic mass is 35.5. The van der Waals surface area contributed by atoms with Crippen molar-refractivity contribution in [3.63, 3.8) is 0 Å². The minimum absolute atomic E-state index is 0.000204. The Labute approximate surface area is 359 Å². The van der Waals surface area contributed by atoms with E-state index in [9.17, 15) is 24.0 Å². The number of halogens is 1. The molecule has 2 N–H and O–H groups in total. The second-order valence-electron chi connectivity index (χ2n) is 18.5. The summed E-state index contributed by atoms with van der Waals surface area (Å²) in [5.74, 6) is -2.62. The number of esters is 2. The smallest absolute Gasteiger partial charge is 0.410 e. The van der Waals surface area contributed by atoms with Gasteiger partial charge in [0.05, 0.1) is 11.5 Å².